The molecule has 0 saturated carbocycles. The monoisotopic (exact) mass is 409 g/mol. The number of carbonyl (C=O) groups is 1. The standard InChI is InChI=1S/C23H27N3O2S/c1-14(2)26-22(28)19-8-6-7-9-20(19)25-23(26)29-13-21(27)24-17(5)18-11-10-15(3)16(4)12-18/h6-12,14,17H,13H2,1-5H3,(H,24,27)/t17-/m0/s1. The Morgan fingerprint density at radius 1 is 1.10 bits per heavy atom. The summed E-state index contributed by atoms with van der Waals surface area (Å²) >= 11 is 1.30. The Hall–Kier alpha value is -2.60. The largest absolute Gasteiger partial charge is 0.349 e. The van der Waals surface area contributed by atoms with Crippen LogP contribution < -0.4 is 10.9 Å². The van der Waals surface area contributed by atoms with E-state index in [1.54, 1.807) is 10.6 Å². The summed E-state index contributed by atoms with van der Waals surface area (Å²) in [5.74, 6) is 0.116. The van der Waals surface area contributed by atoms with Crippen molar-refractivity contribution in [3.05, 3.63) is 69.5 Å². The minimum Gasteiger partial charge on any atom is -0.349 e. The third-order valence-electron chi connectivity index (χ3n) is 5.03. The van der Waals surface area contributed by atoms with E-state index < -0.39 is 0 Å². The summed E-state index contributed by atoms with van der Waals surface area (Å²) in [5, 5.41) is 4.20. The van der Waals surface area contributed by atoms with Gasteiger partial charge in [-0.3, -0.25) is 14.2 Å². The second kappa shape index (κ2) is 8.82. The molecule has 0 aliphatic carbocycles. The quantitative estimate of drug-likeness (QED) is 0.479. The Labute approximate surface area is 175 Å². The predicted octanol–water partition coefficient (Wildman–Crippen LogP) is 4.56. The van der Waals surface area contributed by atoms with Crippen molar-refractivity contribution in [2.45, 2.75) is 51.9 Å². The maximum absolute atomic E-state index is 12.9. The number of para-hydroxylation sites is 1. The highest BCUT2D eigenvalue weighted by Gasteiger charge is 2.16. The number of carbonyl (C=O) groups excluding carboxylic acids is 1. The molecule has 3 aromatic rings. The topological polar surface area (TPSA) is 64.0 Å². The van der Waals surface area contributed by atoms with Crippen molar-refractivity contribution in [1.29, 1.82) is 0 Å². The average Bonchev–Trinajstić information content (AvgIpc) is 2.68. The molecule has 0 radical (unpaired) electrons. The van der Waals surface area contributed by atoms with E-state index in [4.69, 9.17) is 0 Å². The van der Waals surface area contributed by atoms with Gasteiger partial charge in [-0.1, -0.05) is 42.1 Å². The summed E-state index contributed by atoms with van der Waals surface area (Å²) in [4.78, 5) is 30.0. The van der Waals surface area contributed by atoms with Crippen LogP contribution >= 0.6 is 11.8 Å². The fourth-order valence-electron chi connectivity index (χ4n) is 3.21. The molecule has 0 aliphatic rings. The van der Waals surface area contributed by atoms with Crippen molar-refractivity contribution in [3.63, 3.8) is 0 Å². The third kappa shape index (κ3) is 4.70. The fraction of sp³-hybridized carbons (Fsp3) is 0.348. The molecular formula is C23H27N3O2S. The lowest BCUT2D eigenvalue weighted by Crippen LogP contribution is -2.29. The first-order chi connectivity index (χ1) is 13.8. The number of amides is 1. The molecule has 0 fully saturated rings. The van der Waals surface area contributed by atoms with Crippen LogP contribution in [0.2, 0.25) is 0 Å². The Morgan fingerprint density at radius 3 is 2.52 bits per heavy atom. The molecule has 1 N–H and O–H groups in total. The lowest BCUT2D eigenvalue weighted by atomic mass is 10.0. The number of hydrogen-bond donors (Lipinski definition) is 1. The molecule has 0 bridgehead atoms. The summed E-state index contributed by atoms with van der Waals surface area (Å²) in [6.07, 6.45) is 0. The van der Waals surface area contributed by atoms with Crippen LogP contribution in [0.1, 0.15) is 49.5 Å². The highest BCUT2D eigenvalue weighted by atomic mass is 32.2. The Morgan fingerprint density at radius 2 is 1.83 bits per heavy atom. The Balaban J connectivity index is 1.76. The molecule has 0 aliphatic heterocycles. The van der Waals surface area contributed by atoms with E-state index in [2.05, 4.69) is 36.3 Å². The van der Waals surface area contributed by atoms with E-state index in [1.807, 2.05) is 45.0 Å². The molecule has 2 aromatic carbocycles. The number of hydrogen-bond acceptors (Lipinski definition) is 4. The van der Waals surface area contributed by atoms with Gasteiger partial charge < -0.3 is 5.32 Å². The van der Waals surface area contributed by atoms with Gasteiger partial charge in [-0.2, -0.15) is 0 Å². The third-order valence-corrected chi connectivity index (χ3v) is 5.99. The van der Waals surface area contributed by atoms with Gasteiger partial charge in [-0.25, -0.2) is 4.98 Å². The van der Waals surface area contributed by atoms with Gasteiger partial charge in [0.1, 0.15) is 0 Å². The highest BCUT2D eigenvalue weighted by molar-refractivity contribution is 7.99. The zero-order valence-corrected chi connectivity index (χ0v) is 18.3. The predicted molar refractivity (Wildman–Crippen MR) is 120 cm³/mol. The number of aromatic nitrogens is 2. The summed E-state index contributed by atoms with van der Waals surface area (Å²) in [6.45, 7) is 10.0. The smallest absolute Gasteiger partial charge is 0.262 e. The minimum absolute atomic E-state index is 0.0420. The molecule has 1 atom stereocenters. The van der Waals surface area contributed by atoms with Gasteiger partial charge in [0.2, 0.25) is 5.91 Å². The van der Waals surface area contributed by atoms with E-state index in [-0.39, 0.29) is 29.3 Å². The normalized spacial score (nSPS) is 12.3. The molecule has 1 aromatic heterocycles. The SMILES string of the molecule is Cc1ccc([C@H](C)NC(=O)CSc2nc3ccccc3c(=O)n2C(C)C)cc1C. The van der Waals surface area contributed by atoms with Crippen LogP contribution in [-0.2, 0) is 4.79 Å². The van der Waals surface area contributed by atoms with E-state index >= 15 is 0 Å². The number of benzene rings is 2. The lowest BCUT2D eigenvalue weighted by Gasteiger charge is -2.17. The van der Waals surface area contributed by atoms with Gasteiger partial charge >= 0.3 is 0 Å². The van der Waals surface area contributed by atoms with Crippen LogP contribution in [0.15, 0.2) is 52.4 Å². The number of nitrogens with one attached hydrogen (secondary N) is 1. The van der Waals surface area contributed by atoms with Crippen molar-refractivity contribution in [1.82, 2.24) is 14.9 Å². The first kappa shape index (κ1) is 21.1. The number of aryl methyl sites for hydroxylation is 2. The van der Waals surface area contributed by atoms with Crippen LogP contribution in [0.25, 0.3) is 10.9 Å². The second-order valence-electron chi connectivity index (χ2n) is 7.60. The van der Waals surface area contributed by atoms with Crippen LogP contribution in [0.3, 0.4) is 0 Å². The van der Waals surface area contributed by atoms with Crippen LogP contribution in [0.5, 0.6) is 0 Å². The van der Waals surface area contributed by atoms with Crippen molar-refractivity contribution < 1.29 is 4.79 Å². The molecule has 0 spiro atoms. The van der Waals surface area contributed by atoms with Gasteiger partial charge in [-0.15, -0.1) is 0 Å². The maximum atomic E-state index is 12.9. The van der Waals surface area contributed by atoms with Gasteiger partial charge in [0.25, 0.3) is 5.56 Å². The Bertz CT molecular complexity index is 1100. The number of rotatable bonds is 6. The van der Waals surface area contributed by atoms with E-state index in [0.29, 0.717) is 16.1 Å². The van der Waals surface area contributed by atoms with E-state index in [1.165, 1.54) is 22.9 Å². The maximum Gasteiger partial charge on any atom is 0.262 e. The number of fused-ring (bicyclic) bond motifs is 1. The molecule has 152 valence electrons. The fourth-order valence-corrected chi connectivity index (χ4v) is 4.15. The summed E-state index contributed by atoms with van der Waals surface area (Å²) < 4.78 is 1.66. The highest BCUT2D eigenvalue weighted by Crippen LogP contribution is 2.22. The first-order valence-corrected chi connectivity index (χ1v) is 10.8. The molecule has 1 amide bonds. The van der Waals surface area contributed by atoms with Gasteiger partial charge in [-0.05, 0) is 63.4 Å². The number of thioether (sulfide) groups is 1. The molecule has 0 saturated heterocycles. The Kier molecular flexibility index (Phi) is 6.42. The van der Waals surface area contributed by atoms with Gasteiger partial charge in [0.05, 0.1) is 22.7 Å². The van der Waals surface area contributed by atoms with E-state index in [9.17, 15) is 9.59 Å². The van der Waals surface area contributed by atoms with Crippen molar-refractivity contribution in [3.8, 4) is 0 Å². The summed E-state index contributed by atoms with van der Waals surface area (Å²) in [7, 11) is 0. The lowest BCUT2D eigenvalue weighted by molar-refractivity contribution is -0.119. The molecule has 29 heavy (non-hydrogen) atoms. The van der Waals surface area contributed by atoms with Crippen molar-refractivity contribution >= 4 is 28.6 Å². The van der Waals surface area contributed by atoms with Crippen molar-refractivity contribution in [2.75, 3.05) is 5.75 Å². The average molecular weight is 410 g/mol. The van der Waals surface area contributed by atoms with Crippen LogP contribution in [-0.4, -0.2) is 21.2 Å². The zero-order chi connectivity index (χ0) is 21.1. The molecule has 6 heteroatoms. The van der Waals surface area contributed by atoms with Crippen molar-refractivity contribution in [2.24, 2.45) is 0 Å². The summed E-state index contributed by atoms with van der Waals surface area (Å²) in [5.41, 5.74) is 4.10. The minimum atomic E-state index is -0.0848. The van der Waals surface area contributed by atoms with E-state index in [0.717, 1.165) is 5.56 Å². The van der Waals surface area contributed by atoms with Gasteiger partial charge in [0.15, 0.2) is 5.16 Å². The van der Waals surface area contributed by atoms with Crippen LogP contribution in [0.4, 0.5) is 0 Å². The zero-order valence-electron chi connectivity index (χ0n) is 17.5. The second-order valence-corrected chi connectivity index (χ2v) is 8.54. The van der Waals surface area contributed by atoms with Gasteiger partial charge in [0, 0.05) is 6.04 Å². The first-order valence-electron chi connectivity index (χ1n) is 9.78. The molecule has 5 nitrogen and oxygen atoms in total. The van der Waals surface area contributed by atoms with Crippen LogP contribution in [0, 0.1) is 13.8 Å². The molecule has 0 unspecified atom stereocenters. The molecular weight excluding hydrogens is 382 g/mol. The number of nitrogens with zero attached hydrogens (tertiary/aromatic N) is 2. The summed E-state index contributed by atoms with van der Waals surface area (Å²) in [6, 6.07) is 13.4. The molecule has 1 heterocycles. The molecule has 3 rings (SSSR count).